The van der Waals surface area contributed by atoms with Crippen molar-refractivity contribution in [1.29, 1.82) is 0 Å². The number of thiazole rings is 1. The van der Waals surface area contributed by atoms with E-state index in [1.165, 1.54) is 17.8 Å². The topological polar surface area (TPSA) is 91.6 Å². The molecule has 8 heteroatoms. The van der Waals surface area contributed by atoms with Crippen LogP contribution in [0.25, 0.3) is 0 Å². The van der Waals surface area contributed by atoms with Gasteiger partial charge in [-0.2, -0.15) is 0 Å². The first-order valence-corrected chi connectivity index (χ1v) is 9.00. The lowest BCUT2D eigenvalue weighted by atomic mass is 9.79. The van der Waals surface area contributed by atoms with Crippen LogP contribution < -0.4 is 11.1 Å². The molecular formula is C15H23N5O2S. The number of rotatable bonds is 3. The van der Waals surface area contributed by atoms with Crippen LogP contribution in [-0.4, -0.2) is 58.4 Å². The Morgan fingerprint density at radius 2 is 1.87 bits per heavy atom. The van der Waals surface area contributed by atoms with E-state index in [4.69, 9.17) is 5.73 Å². The van der Waals surface area contributed by atoms with Crippen LogP contribution in [0.4, 0.5) is 9.93 Å². The molecule has 3 rings (SSSR count). The van der Waals surface area contributed by atoms with E-state index in [-0.39, 0.29) is 11.9 Å². The van der Waals surface area contributed by atoms with Crippen LogP contribution in [0, 0.1) is 0 Å². The predicted molar refractivity (Wildman–Crippen MR) is 89.3 cm³/mol. The number of primary amides is 1. The van der Waals surface area contributed by atoms with E-state index in [9.17, 15) is 9.59 Å². The number of carbonyl (C=O) groups excluding carboxylic acids is 2. The zero-order chi connectivity index (χ0) is 16.3. The van der Waals surface area contributed by atoms with E-state index >= 15 is 0 Å². The number of nitrogens with one attached hydrogen (secondary N) is 1. The van der Waals surface area contributed by atoms with Gasteiger partial charge >= 0.3 is 6.03 Å². The molecule has 7 nitrogen and oxygen atoms in total. The lowest BCUT2D eigenvalue weighted by Crippen LogP contribution is -2.64. The summed E-state index contributed by atoms with van der Waals surface area (Å²) in [5, 5.41) is 5.24. The highest BCUT2D eigenvalue weighted by Crippen LogP contribution is 2.34. The summed E-state index contributed by atoms with van der Waals surface area (Å²) in [5.41, 5.74) is 5.23. The summed E-state index contributed by atoms with van der Waals surface area (Å²) < 4.78 is 0. The zero-order valence-electron chi connectivity index (χ0n) is 13.2. The maximum absolute atomic E-state index is 12.2. The number of hydrogen-bond acceptors (Lipinski definition) is 5. The Hall–Kier alpha value is -1.67. The van der Waals surface area contributed by atoms with Crippen molar-refractivity contribution in [3.05, 3.63) is 11.6 Å². The van der Waals surface area contributed by atoms with Crippen molar-refractivity contribution in [3.63, 3.8) is 0 Å². The summed E-state index contributed by atoms with van der Waals surface area (Å²) in [4.78, 5) is 32.3. The van der Waals surface area contributed by atoms with Gasteiger partial charge in [0.25, 0.3) is 0 Å². The van der Waals surface area contributed by atoms with Crippen molar-refractivity contribution in [3.8, 4) is 0 Å². The van der Waals surface area contributed by atoms with Crippen LogP contribution in [-0.2, 0) is 4.79 Å². The quantitative estimate of drug-likeness (QED) is 0.874. The molecule has 1 aliphatic carbocycles. The Morgan fingerprint density at radius 1 is 1.17 bits per heavy atom. The fourth-order valence-corrected chi connectivity index (χ4v) is 4.17. The van der Waals surface area contributed by atoms with E-state index in [1.54, 1.807) is 11.1 Å². The Morgan fingerprint density at radius 3 is 2.43 bits per heavy atom. The average Bonchev–Trinajstić information content (AvgIpc) is 3.08. The second-order valence-electron chi connectivity index (χ2n) is 6.20. The van der Waals surface area contributed by atoms with Crippen molar-refractivity contribution in [2.45, 2.75) is 37.6 Å². The number of piperazine rings is 1. The summed E-state index contributed by atoms with van der Waals surface area (Å²) in [6.07, 6.45) is 6.62. The minimum absolute atomic E-state index is 0.128. The number of nitrogens with zero attached hydrogens (tertiary/aromatic N) is 3. The summed E-state index contributed by atoms with van der Waals surface area (Å²) in [5.74, 6) is -0.210. The minimum atomic E-state index is -0.504. The molecule has 0 aromatic carbocycles. The Bertz CT molecular complexity index is 548. The fraction of sp³-hybridized carbons (Fsp3) is 0.667. The van der Waals surface area contributed by atoms with Gasteiger partial charge in [0.05, 0.1) is 0 Å². The van der Waals surface area contributed by atoms with Crippen LogP contribution >= 0.6 is 11.3 Å². The van der Waals surface area contributed by atoms with Gasteiger partial charge in [-0.05, 0) is 12.8 Å². The lowest BCUT2D eigenvalue weighted by Gasteiger charge is -2.47. The highest BCUT2D eigenvalue weighted by atomic mass is 32.1. The molecule has 1 aromatic heterocycles. The minimum Gasteiger partial charge on any atom is -0.368 e. The maximum Gasteiger partial charge on any atom is 0.323 e. The summed E-state index contributed by atoms with van der Waals surface area (Å²) in [6.45, 7) is 2.58. The molecule has 0 unspecified atom stereocenters. The van der Waals surface area contributed by atoms with Gasteiger partial charge in [0, 0.05) is 37.8 Å². The van der Waals surface area contributed by atoms with Crippen LogP contribution in [0.2, 0.25) is 0 Å². The van der Waals surface area contributed by atoms with Gasteiger partial charge in [0.1, 0.15) is 5.54 Å². The Kier molecular flexibility index (Phi) is 4.82. The number of anilines is 1. The second kappa shape index (κ2) is 6.84. The van der Waals surface area contributed by atoms with Crippen LogP contribution in [0.15, 0.2) is 11.6 Å². The first-order chi connectivity index (χ1) is 11.1. The van der Waals surface area contributed by atoms with E-state index < -0.39 is 5.54 Å². The molecule has 126 valence electrons. The normalized spacial score (nSPS) is 21.8. The van der Waals surface area contributed by atoms with Crippen LogP contribution in [0.5, 0.6) is 0 Å². The highest BCUT2D eigenvalue weighted by Gasteiger charge is 2.44. The molecule has 23 heavy (non-hydrogen) atoms. The molecule has 2 heterocycles. The first-order valence-electron chi connectivity index (χ1n) is 8.12. The smallest absolute Gasteiger partial charge is 0.323 e. The third kappa shape index (κ3) is 3.32. The molecule has 2 aliphatic rings. The summed E-state index contributed by atoms with van der Waals surface area (Å²) in [6, 6.07) is -0.128. The fourth-order valence-electron chi connectivity index (χ4n) is 3.65. The molecule has 1 saturated heterocycles. The number of hydrogen-bond donors (Lipinski definition) is 2. The third-order valence-corrected chi connectivity index (χ3v) is 5.65. The van der Waals surface area contributed by atoms with E-state index in [0.717, 1.165) is 25.7 Å². The lowest BCUT2D eigenvalue weighted by molar-refractivity contribution is -0.134. The number of amides is 3. The molecule has 3 amide bonds. The van der Waals surface area contributed by atoms with Crippen LogP contribution in [0.1, 0.15) is 32.1 Å². The van der Waals surface area contributed by atoms with Crippen molar-refractivity contribution < 1.29 is 9.59 Å². The predicted octanol–water partition coefficient (Wildman–Crippen LogP) is 1.48. The van der Waals surface area contributed by atoms with Gasteiger partial charge in [0.2, 0.25) is 5.91 Å². The largest absolute Gasteiger partial charge is 0.368 e. The SMILES string of the molecule is NC(=O)C1(N2CCN(C(=O)Nc3nccs3)CC2)CCCCC1. The Labute approximate surface area is 139 Å². The monoisotopic (exact) mass is 337 g/mol. The highest BCUT2D eigenvalue weighted by molar-refractivity contribution is 7.13. The molecular weight excluding hydrogens is 314 g/mol. The summed E-state index contributed by atoms with van der Waals surface area (Å²) >= 11 is 1.40. The third-order valence-electron chi connectivity index (χ3n) is 4.96. The average molecular weight is 337 g/mol. The van der Waals surface area contributed by atoms with Gasteiger partial charge in [-0.25, -0.2) is 9.78 Å². The van der Waals surface area contributed by atoms with Gasteiger partial charge in [-0.1, -0.05) is 19.3 Å². The van der Waals surface area contributed by atoms with Gasteiger partial charge in [-0.15, -0.1) is 11.3 Å². The molecule has 0 bridgehead atoms. The molecule has 2 fully saturated rings. The van der Waals surface area contributed by atoms with Crippen molar-refractivity contribution in [2.75, 3.05) is 31.5 Å². The number of aromatic nitrogens is 1. The van der Waals surface area contributed by atoms with E-state index in [0.29, 0.717) is 31.3 Å². The molecule has 1 saturated carbocycles. The van der Waals surface area contributed by atoms with Gasteiger partial charge in [0.15, 0.2) is 5.13 Å². The second-order valence-corrected chi connectivity index (χ2v) is 7.09. The van der Waals surface area contributed by atoms with Crippen molar-refractivity contribution >= 4 is 28.4 Å². The molecule has 0 radical (unpaired) electrons. The molecule has 3 N–H and O–H groups in total. The number of nitrogens with two attached hydrogens (primary N) is 1. The standard InChI is InChI=1S/C15H23N5O2S/c16-12(21)15(4-2-1-3-5-15)20-9-7-19(8-10-20)14(22)18-13-17-6-11-23-13/h6,11H,1-5,7-10H2,(H2,16,21)(H,17,18,22). The first kappa shape index (κ1) is 16.2. The molecule has 0 spiro atoms. The van der Waals surface area contributed by atoms with Crippen molar-refractivity contribution in [2.24, 2.45) is 5.73 Å². The molecule has 1 aliphatic heterocycles. The van der Waals surface area contributed by atoms with Gasteiger partial charge in [-0.3, -0.25) is 15.0 Å². The molecule has 1 aromatic rings. The van der Waals surface area contributed by atoms with Crippen molar-refractivity contribution in [1.82, 2.24) is 14.8 Å². The Balaban J connectivity index is 1.59. The zero-order valence-corrected chi connectivity index (χ0v) is 14.0. The van der Waals surface area contributed by atoms with Crippen LogP contribution in [0.3, 0.4) is 0 Å². The number of carbonyl (C=O) groups is 2. The maximum atomic E-state index is 12.2. The van der Waals surface area contributed by atoms with E-state index in [2.05, 4.69) is 15.2 Å². The molecule has 0 atom stereocenters. The number of urea groups is 1. The van der Waals surface area contributed by atoms with Gasteiger partial charge < -0.3 is 10.6 Å². The summed E-state index contributed by atoms with van der Waals surface area (Å²) in [7, 11) is 0. The van der Waals surface area contributed by atoms with E-state index in [1.807, 2.05) is 5.38 Å².